The molecule has 166 valence electrons. The number of aromatic nitrogens is 1. The number of aryl methyl sites for hydroxylation is 2. The highest BCUT2D eigenvalue weighted by atomic mass is 16.5. The van der Waals surface area contributed by atoms with Crippen LogP contribution in [-0.2, 0) is 22.4 Å². The topological polar surface area (TPSA) is 74.7 Å². The molecule has 2 atom stereocenters. The highest BCUT2D eigenvalue weighted by Gasteiger charge is 2.33. The Bertz CT molecular complexity index is 887. The minimum absolute atomic E-state index is 0.110. The van der Waals surface area contributed by atoms with Crippen molar-refractivity contribution in [2.24, 2.45) is 0 Å². The molecule has 0 amide bonds. The normalized spacial score (nSPS) is 19.6. The Labute approximate surface area is 184 Å². The van der Waals surface area contributed by atoms with Gasteiger partial charge in [-0.3, -0.25) is 9.69 Å². The first-order chi connectivity index (χ1) is 15.1. The summed E-state index contributed by atoms with van der Waals surface area (Å²) in [5.41, 5.74) is 4.71. The second-order valence-electron chi connectivity index (χ2n) is 8.67. The van der Waals surface area contributed by atoms with Crippen molar-refractivity contribution in [3.8, 4) is 0 Å². The lowest BCUT2D eigenvalue weighted by molar-refractivity contribution is -0.143. The van der Waals surface area contributed by atoms with Gasteiger partial charge in [-0.15, -0.1) is 0 Å². The molecule has 2 aromatic rings. The van der Waals surface area contributed by atoms with E-state index in [4.69, 9.17) is 9.72 Å². The number of rotatable bonds is 9. The number of carboxylic acid groups (broad SMARTS) is 1. The van der Waals surface area contributed by atoms with Gasteiger partial charge in [-0.25, -0.2) is 4.98 Å². The third-order valence-electron chi connectivity index (χ3n) is 6.37. The van der Waals surface area contributed by atoms with Gasteiger partial charge in [-0.1, -0.05) is 30.3 Å². The fourth-order valence-electron chi connectivity index (χ4n) is 4.76. The quantitative estimate of drug-likeness (QED) is 0.594. The molecule has 2 unspecified atom stereocenters. The maximum atomic E-state index is 11.8. The van der Waals surface area contributed by atoms with Gasteiger partial charge in [0.2, 0.25) is 0 Å². The number of benzene rings is 1. The Morgan fingerprint density at radius 3 is 2.97 bits per heavy atom. The van der Waals surface area contributed by atoms with Crippen LogP contribution < -0.4 is 5.32 Å². The Morgan fingerprint density at radius 2 is 2.16 bits per heavy atom. The molecule has 4 rings (SSSR count). The van der Waals surface area contributed by atoms with Crippen LogP contribution in [0.4, 0.5) is 5.82 Å². The van der Waals surface area contributed by atoms with E-state index in [1.54, 1.807) is 0 Å². The Balaban J connectivity index is 1.21. The third kappa shape index (κ3) is 5.43. The van der Waals surface area contributed by atoms with E-state index in [0.717, 1.165) is 62.3 Å². The van der Waals surface area contributed by atoms with Gasteiger partial charge in [0.05, 0.1) is 6.10 Å². The zero-order valence-corrected chi connectivity index (χ0v) is 18.3. The summed E-state index contributed by atoms with van der Waals surface area (Å²) in [6.45, 7) is 5.34. The molecule has 1 saturated heterocycles. The molecule has 1 aromatic carbocycles. The zero-order valence-electron chi connectivity index (χ0n) is 18.3. The molecular formula is C25H33N3O3. The summed E-state index contributed by atoms with van der Waals surface area (Å²) in [6, 6.07) is 11.1. The first-order valence-corrected chi connectivity index (χ1v) is 11.5. The van der Waals surface area contributed by atoms with E-state index < -0.39 is 12.0 Å². The highest BCUT2D eigenvalue weighted by molar-refractivity contribution is 5.75. The van der Waals surface area contributed by atoms with Crippen molar-refractivity contribution in [1.29, 1.82) is 0 Å². The first-order valence-electron chi connectivity index (χ1n) is 11.5. The summed E-state index contributed by atoms with van der Waals surface area (Å²) in [4.78, 5) is 18.7. The molecule has 2 N–H and O–H groups in total. The average Bonchev–Trinajstić information content (AvgIpc) is 3.22. The first kappa shape index (κ1) is 21.8. The minimum atomic E-state index is -0.797. The van der Waals surface area contributed by atoms with E-state index in [1.165, 1.54) is 17.5 Å². The molecule has 0 aliphatic carbocycles. The number of hydrogen-bond acceptors (Lipinski definition) is 5. The van der Waals surface area contributed by atoms with Crippen molar-refractivity contribution < 1.29 is 14.6 Å². The van der Waals surface area contributed by atoms with Crippen LogP contribution in [0, 0.1) is 6.92 Å². The molecule has 2 aliphatic rings. The lowest BCUT2D eigenvalue weighted by atomic mass is 10.0. The van der Waals surface area contributed by atoms with Crippen molar-refractivity contribution in [2.75, 3.05) is 31.6 Å². The fraction of sp³-hybridized carbons (Fsp3) is 0.520. The molecule has 1 aromatic heterocycles. The Kier molecular flexibility index (Phi) is 7.20. The zero-order chi connectivity index (χ0) is 21.6. The van der Waals surface area contributed by atoms with Crippen LogP contribution >= 0.6 is 0 Å². The highest BCUT2D eigenvalue weighted by Crippen LogP contribution is 2.27. The van der Waals surface area contributed by atoms with Crippen LogP contribution in [0.3, 0.4) is 0 Å². The maximum absolute atomic E-state index is 11.8. The SMILES string of the molecule is Cc1cc(CCCCOC2CCN(C(C(=O)O)c3ccccc3)C2)nc2c1CCCN2. The lowest BCUT2D eigenvalue weighted by Gasteiger charge is -2.24. The number of aliphatic carboxylic acids is 1. The molecule has 31 heavy (non-hydrogen) atoms. The standard InChI is InChI=1S/C25H33N3O3/c1-18-16-20(27-24-22(18)11-7-13-26-24)10-5-6-15-31-21-12-14-28(17-21)23(25(29)30)19-8-3-2-4-9-19/h2-4,8-9,16,21,23H,5-7,10-15,17H2,1H3,(H,26,27)(H,29,30). The number of hydrogen-bond donors (Lipinski definition) is 2. The summed E-state index contributed by atoms with van der Waals surface area (Å²) >= 11 is 0. The van der Waals surface area contributed by atoms with E-state index in [-0.39, 0.29) is 6.10 Å². The molecule has 2 aliphatic heterocycles. The van der Waals surface area contributed by atoms with Crippen LogP contribution in [0.25, 0.3) is 0 Å². The van der Waals surface area contributed by atoms with Gasteiger partial charge in [0.1, 0.15) is 11.9 Å². The Hall–Kier alpha value is -2.44. The molecule has 0 bridgehead atoms. The average molecular weight is 424 g/mol. The lowest BCUT2D eigenvalue weighted by Crippen LogP contribution is -2.33. The monoisotopic (exact) mass is 423 g/mol. The van der Waals surface area contributed by atoms with Crippen LogP contribution in [-0.4, -0.2) is 53.3 Å². The third-order valence-corrected chi connectivity index (χ3v) is 6.37. The maximum Gasteiger partial charge on any atom is 0.325 e. The number of likely N-dealkylation sites (tertiary alicyclic amines) is 1. The second kappa shape index (κ2) is 10.2. The summed E-state index contributed by atoms with van der Waals surface area (Å²) < 4.78 is 6.08. The van der Waals surface area contributed by atoms with Crippen molar-refractivity contribution >= 4 is 11.8 Å². The molecule has 0 saturated carbocycles. The van der Waals surface area contributed by atoms with Crippen LogP contribution in [0.5, 0.6) is 0 Å². The largest absolute Gasteiger partial charge is 0.480 e. The van der Waals surface area contributed by atoms with E-state index in [9.17, 15) is 9.90 Å². The molecule has 6 heteroatoms. The predicted octanol–water partition coefficient (Wildman–Crippen LogP) is 3.99. The fourth-order valence-corrected chi connectivity index (χ4v) is 4.76. The molecule has 3 heterocycles. The molecule has 0 radical (unpaired) electrons. The minimum Gasteiger partial charge on any atom is -0.480 e. The van der Waals surface area contributed by atoms with Gasteiger partial charge < -0.3 is 15.2 Å². The van der Waals surface area contributed by atoms with E-state index in [0.29, 0.717) is 13.2 Å². The number of anilines is 1. The van der Waals surface area contributed by atoms with Gasteiger partial charge in [0, 0.05) is 31.9 Å². The van der Waals surface area contributed by atoms with Gasteiger partial charge in [0.25, 0.3) is 0 Å². The Morgan fingerprint density at radius 1 is 1.32 bits per heavy atom. The summed E-state index contributed by atoms with van der Waals surface area (Å²) in [5.74, 6) is 0.282. The van der Waals surface area contributed by atoms with E-state index in [1.807, 2.05) is 35.2 Å². The number of nitrogens with one attached hydrogen (secondary N) is 1. The molecule has 0 spiro atoms. The number of carboxylic acids is 1. The van der Waals surface area contributed by atoms with Gasteiger partial charge >= 0.3 is 5.97 Å². The van der Waals surface area contributed by atoms with Crippen LogP contribution in [0.2, 0.25) is 0 Å². The summed E-state index contributed by atoms with van der Waals surface area (Å²) in [5, 5.41) is 13.2. The summed E-state index contributed by atoms with van der Waals surface area (Å²) in [7, 11) is 0. The van der Waals surface area contributed by atoms with Crippen LogP contribution in [0.15, 0.2) is 36.4 Å². The smallest absolute Gasteiger partial charge is 0.325 e. The molecular weight excluding hydrogens is 390 g/mol. The number of fused-ring (bicyclic) bond motifs is 1. The summed E-state index contributed by atoms with van der Waals surface area (Å²) in [6.07, 6.45) is 6.30. The second-order valence-corrected chi connectivity index (χ2v) is 8.67. The van der Waals surface area contributed by atoms with Gasteiger partial charge in [-0.2, -0.15) is 0 Å². The molecule has 1 fully saturated rings. The van der Waals surface area contributed by atoms with Gasteiger partial charge in [0.15, 0.2) is 0 Å². The van der Waals surface area contributed by atoms with E-state index in [2.05, 4.69) is 18.3 Å². The van der Waals surface area contributed by atoms with Crippen molar-refractivity contribution in [1.82, 2.24) is 9.88 Å². The number of unbranched alkanes of at least 4 members (excludes halogenated alkanes) is 1. The van der Waals surface area contributed by atoms with E-state index >= 15 is 0 Å². The van der Waals surface area contributed by atoms with Crippen LogP contribution in [0.1, 0.15) is 54.1 Å². The number of carbonyl (C=O) groups is 1. The number of nitrogens with zero attached hydrogens (tertiary/aromatic N) is 2. The van der Waals surface area contributed by atoms with Gasteiger partial charge in [-0.05, 0) is 68.2 Å². The van der Waals surface area contributed by atoms with Crippen molar-refractivity contribution in [3.63, 3.8) is 0 Å². The van der Waals surface area contributed by atoms with Crippen molar-refractivity contribution in [2.45, 2.75) is 57.6 Å². The van der Waals surface area contributed by atoms with Crippen molar-refractivity contribution in [3.05, 3.63) is 58.8 Å². The predicted molar refractivity (Wildman–Crippen MR) is 121 cm³/mol. The number of pyridine rings is 1. The molecule has 6 nitrogen and oxygen atoms in total. The number of ether oxygens (including phenoxy) is 1.